The third-order valence-electron chi connectivity index (χ3n) is 5.03. The SMILES string of the molecule is Cc1cc(NC(=O)C2C(C)(C)C2(C)C)ccc1S(N)(=O)=O. The minimum absolute atomic E-state index is 0.0345. The van der Waals surface area contributed by atoms with E-state index in [-0.39, 0.29) is 27.6 Å². The molecular weight excluding hydrogens is 288 g/mol. The van der Waals surface area contributed by atoms with Gasteiger partial charge in [0.25, 0.3) is 0 Å². The highest BCUT2D eigenvalue weighted by atomic mass is 32.2. The van der Waals surface area contributed by atoms with Crippen molar-refractivity contribution in [3.8, 4) is 0 Å². The van der Waals surface area contributed by atoms with E-state index in [0.29, 0.717) is 11.3 Å². The van der Waals surface area contributed by atoms with Crippen LogP contribution in [-0.2, 0) is 14.8 Å². The molecule has 0 spiro atoms. The summed E-state index contributed by atoms with van der Waals surface area (Å²) in [5, 5.41) is 7.98. The van der Waals surface area contributed by atoms with E-state index in [1.54, 1.807) is 19.1 Å². The van der Waals surface area contributed by atoms with Gasteiger partial charge in [-0.1, -0.05) is 27.7 Å². The molecule has 5 nitrogen and oxygen atoms in total. The summed E-state index contributed by atoms with van der Waals surface area (Å²) in [5.74, 6) is -0.0871. The van der Waals surface area contributed by atoms with Crippen molar-refractivity contribution in [1.82, 2.24) is 0 Å². The molecule has 0 saturated heterocycles. The monoisotopic (exact) mass is 310 g/mol. The number of benzene rings is 1. The maximum Gasteiger partial charge on any atom is 0.238 e. The van der Waals surface area contributed by atoms with Gasteiger partial charge in [0.15, 0.2) is 0 Å². The van der Waals surface area contributed by atoms with Crippen LogP contribution in [0.3, 0.4) is 0 Å². The van der Waals surface area contributed by atoms with Gasteiger partial charge < -0.3 is 5.32 Å². The van der Waals surface area contributed by atoms with Crippen molar-refractivity contribution >= 4 is 21.6 Å². The van der Waals surface area contributed by atoms with Crippen LogP contribution in [0.5, 0.6) is 0 Å². The van der Waals surface area contributed by atoms with Crippen molar-refractivity contribution in [3.63, 3.8) is 0 Å². The first kappa shape index (κ1) is 16.0. The molecule has 0 bridgehead atoms. The molecule has 0 aliphatic heterocycles. The number of hydrogen-bond acceptors (Lipinski definition) is 3. The minimum Gasteiger partial charge on any atom is -0.326 e. The van der Waals surface area contributed by atoms with Crippen LogP contribution >= 0.6 is 0 Å². The first-order chi connectivity index (χ1) is 9.39. The van der Waals surface area contributed by atoms with E-state index in [4.69, 9.17) is 5.14 Å². The molecule has 0 aromatic heterocycles. The number of aryl methyl sites for hydroxylation is 1. The quantitative estimate of drug-likeness (QED) is 0.897. The lowest BCUT2D eigenvalue weighted by atomic mass is 10.0. The van der Waals surface area contributed by atoms with E-state index in [1.165, 1.54) is 6.07 Å². The number of rotatable bonds is 3. The van der Waals surface area contributed by atoms with Crippen LogP contribution in [0.25, 0.3) is 0 Å². The van der Waals surface area contributed by atoms with Crippen molar-refractivity contribution in [2.45, 2.75) is 39.5 Å². The molecule has 3 N–H and O–H groups in total. The molecular formula is C15H22N2O3S. The number of anilines is 1. The molecule has 0 atom stereocenters. The van der Waals surface area contributed by atoms with Crippen molar-refractivity contribution in [2.75, 3.05) is 5.32 Å². The summed E-state index contributed by atoms with van der Waals surface area (Å²) in [5.41, 5.74) is 1.03. The van der Waals surface area contributed by atoms with Crippen LogP contribution in [0.15, 0.2) is 23.1 Å². The number of carbonyl (C=O) groups excluding carboxylic acids is 1. The van der Waals surface area contributed by atoms with Gasteiger partial charge in [0.05, 0.1) is 4.90 Å². The predicted octanol–water partition coefficient (Wildman–Crippen LogP) is 2.26. The highest BCUT2D eigenvalue weighted by Crippen LogP contribution is 2.68. The molecule has 0 heterocycles. The molecule has 6 heteroatoms. The molecule has 1 aliphatic rings. The zero-order valence-corrected chi connectivity index (χ0v) is 13.8. The van der Waals surface area contributed by atoms with Gasteiger partial charge >= 0.3 is 0 Å². The third-order valence-corrected chi connectivity index (χ3v) is 6.10. The highest BCUT2D eigenvalue weighted by molar-refractivity contribution is 7.89. The van der Waals surface area contributed by atoms with Gasteiger partial charge in [-0.2, -0.15) is 0 Å². The Labute approximate surface area is 126 Å². The lowest BCUT2D eigenvalue weighted by molar-refractivity contribution is -0.118. The minimum atomic E-state index is -3.73. The van der Waals surface area contributed by atoms with E-state index in [2.05, 4.69) is 33.0 Å². The smallest absolute Gasteiger partial charge is 0.238 e. The second kappa shape index (κ2) is 4.55. The highest BCUT2D eigenvalue weighted by Gasteiger charge is 2.68. The fourth-order valence-electron chi connectivity index (χ4n) is 3.11. The van der Waals surface area contributed by atoms with E-state index in [1.807, 2.05) is 0 Å². The lowest BCUT2D eigenvalue weighted by Gasteiger charge is -2.09. The largest absolute Gasteiger partial charge is 0.326 e. The van der Waals surface area contributed by atoms with Gasteiger partial charge in [-0.05, 0) is 41.5 Å². The summed E-state index contributed by atoms with van der Waals surface area (Å²) in [6.45, 7) is 9.96. The molecule has 1 amide bonds. The van der Waals surface area contributed by atoms with E-state index < -0.39 is 10.0 Å². The standard InChI is InChI=1S/C15H22N2O3S/c1-9-8-10(6-7-11(9)21(16,19)20)17-13(18)12-14(2,3)15(12,4)5/h6-8,12H,1-5H3,(H,17,18)(H2,16,19,20). The average Bonchev–Trinajstić information content (AvgIpc) is 2.66. The average molecular weight is 310 g/mol. The number of amides is 1. The van der Waals surface area contributed by atoms with Gasteiger partial charge in [-0.15, -0.1) is 0 Å². The van der Waals surface area contributed by atoms with Crippen LogP contribution in [0.1, 0.15) is 33.3 Å². The van der Waals surface area contributed by atoms with Gasteiger partial charge in [-0.3, -0.25) is 4.79 Å². The topological polar surface area (TPSA) is 89.3 Å². The molecule has 1 fully saturated rings. The molecule has 1 aromatic rings. The van der Waals surface area contributed by atoms with Crippen molar-refractivity contribution in [1.29, 1.82) is 0 Å². The second-order valence-corrected chi connectivity index (χ2v) is 8.42. The summed E-state index contributed by atoms with van der Waals surface area (Å²) < 4.78 is 22.7. The van der Waals surface area contributed by atoms with Crippen molar-refractivity contribution in [2.24, 2.45) is 21.9 Å². The van der Waals surface area contributed by atoms with Gasteiger partial charge in [0.2, 0.25) is 15.9 Å². The Morgan fingerprint density at radius 1 is 1.19 bits per heavy atom. The van der Waals surface area contributed by atoms with Crippen LogP contribution in [-0.4, -0.2) is 14.3 Å². The zero-order chi connectivity index (χ0) is 16.2. The molecule has 1 aromatic carbocycles. The fraction of sp³-hybridized carbons (Fsp3) is 0.533. The molecule has 0 unspecified atom stereocenters. The number of nitrogens with one attached hydrogen (secondary N) is 1. The predicted molar refractivity (Wildman–Crippen MR) is 82.2 cm³/mol. The Bertz CT molecular complexity index is 692. The summed E-state index contributed by atoms with van der Waals surface area (Å²) in [6, 6.07) is 4.61. The van der Waals surface area contributed by atoms with Crippen LogP contribution in [0, 0.1) is 23.7 Å². The number of primary sulfonamides is 1. The maximum atomic E-state index is 12.3. The second-order valence-electron chi connectivity index (χ2n) is 6.89. The normalized spacial score (nSPS) is 20.1. The van der Waals surface area contributed by atoms with Crippen molar-refractivity contribution < 1.29 is 13.2 Å². The van der Waals surface area contributed by atoms with Crippen LogP contribution in [0.4, 0.5) is 5.69 Å². The maximum absolute atomic E-state index is 12.3. The lowest BCUT2D eigenvalue weighted by Crippen LogP contribution is -2.18. The Balaban J connectivity index is 2.19. The molecule has 1 aliphatic carbocycles. The Morgan fingerprint density at radius 3 is 2.10 bits per heavy atom. The van der Waals surface area contributed by atoms with E-state index in [9.17, 15) is 13.2 Å². The first-order valence-corrected chi connectivity index (χ1v) is 8.38. The van der Waals surface area contributed by atoms with Crippen molar-refractivity contribution in [3.05, 3.63) is 23.8 Å². The van der Waals surface area contributed by atoms with Gasteiger partial charge in [0.1, 0.15) is 0 Å². The number of nitrogens with two attached hydrogens (primary N) is 1. The molecule has 21 heavy (non-hydrogen) atoms. The van der Waals surface area contributed by atoms with E-state index >= 15 is 0 Å². The molecule has 1 saturated carbocycles. The summed E-state index contributed by atoms with van der Waals surface area (Å²) >= 11 is 0. The van der Waals surface area contributed by atoms with E-state index in [0.717, 1.165) is 0 Å². The van der Waals surface area contributed by atoms with Crippen LogP contribution in [0.2, 0.25) is 0 Å². The number of sulfonamides is 1. The summed E-state index contributed by atoms with van der Waals surface area (Å²) in [6.07, 6.45) is 0. The number of hydrogen-bond donors (Lipinski definition) is 2. The molecule has 2 rings (SSSR count). The summed E-state index contributed by atoms with van der Waals surface area (Å²) in [4.78, 5) is 12.4. The molecule has 116 valence electrons. The Kier molecular flexibility index (Phi) is 3.46. The summed E-state index contributed by atoms with van der Waals surface area (Å²) in [7, 11) is -3.73. The first-order valence-electron chi connectivity index (χ1n) is 6.83. The van der Waals surface area contributed by atoms with Gasteiger partial charge in [0, 0.05) is 11.6 Å². The molecule has 0 radical (unpaired) electrons. The van der Waals surface area contributed by atoms with Crippen LogP contribution < -0.4 is 10.5 Å². The Hall–Kier alpha value is -1.40. The zero-order valence-electron chi connectivity index (χ0n) is 13.0. The third kappa shape index (κ3) is 2.58. The fourth-order valence-corrected chi connectivity index (χ4v) is 3.88. The Morgan fingerprint density at radius 2 is 1.71 bits per heavy atom. The number of carbonyl (C=O) groups is 1. The van der Waals surface area contributed by atoms with Gasteiger partial charge in [-0.25, -0.2) is 13.6 Å².